The predicted octanol–water partition coefficient (Wildman–Crippen LogP) is 3.10. The number of nitrogens with one attached hydrogen (secondary N) is 1. The molecule has 2 aromatic rings. The van der Waals surface area contributed by atoms with Crippen molar-refractivity contribution in [2.75, 3.05) is 19.0 Å². The monoisotopic (exact) mass is 258 g/mol. The first-order chi connectivity index (χ1) is 9.33. The largest absolute Gasteiger partial charge is 0.497 e. The summed E-state index contributed by atoms with van der Waals surface area (Å²) in [5, 5.41) is 3.22. The highest BCUT2D eigenvalue weighted by molar-refractivity contribution is 5.43. The zero-order valence-electron chi connectivity index (χ0n) is 11.2. The maximum Gasteiger partial charge on any atom is 0.132 e. The summed E-state index contributed by atoms with van der Waals surface area (Å²) in [6, 6.07) is 11.5. The van der Waals surface area contributed by atoms with Crippen molar-refractivity contribution in [2.45, 2.75) is 13.5 Å². The van der Waals surface area contributed by atoms with Crippen LogP contribution in [0.4, 0.5) is 5.82 Å². The lowest BCUT2D eigenvalue weighted by molar-refractivity contribution is 0.305. The Hall–Kier alpha value is -2.23. The molecule has 0 saturated carbocycles. The second kappa shape index (κ2) is 6.64. The minimum absolute atomic E-state index is 0.489. The molecule has 4 heteroatoms. The normalized spacial score (nSPS) is 10.0. The van der Waals surface area contributed by atoms with Gasteiger partial charge in [-0.25, -0.2) is 4.98 Å². The van der Waals surface area contributed by atoms with Crippen LogP contribution in [0.25, 0.3) is 0 Å². The Kier molecular flexibility index (Phi) is 4.61. The number of hydrogen-bond acceptors (Lipinski definition) is 4. The fraction of sp³-hybridized carbons (Fsp3) is 0.267. The van der Waals surface area contributed by atoms with E-state index in [2.05, 4.69) is 10.3 Å². The average molecular weight is 258 g/mol. The number of ether oxygens (including phenoxy) is 2. The van der Waals surface area contributed by atoms with E-state index in [1.165, 1.54) is 0 Å². The van der Waals surface area contributed by atoms with Gasteiger partial charge in [0, 0.05) is 18.3 Å². The van der Waals surface area contributed by atoms with Crippen LogP contribution in [0.1, 0.15) is 12.5 Å². The van der Waals surface area contributed by atoms with Crippen LogP contribution in [0.5, 0.6) is 11.5 Å². The van der Waals surface area contributed by atoms with Gasteiger partial charge in [-0.2, -0.15) is 0 Å². The molecule has 1 heterocycles. The highest BCUT2D eigenvalue weighted by Crippen LogP contribution is 2.19. The van der Waals surface area contributed by atoms with E-state index in [0.717, 1.165) is 29.4 Å². The van der Waals surface area contributed by atoms with Crippen LogP contribution in [0, 0.1) is 0 Å². The van der Waals surface area contributed by atoms with Crippen molar-refractivity contribution in [1.29, 1.82) is 0 Å². The predicted molar refractivity (Wildman–Crippen MR) is 75.7 cm³/mol. The van der Waals surface area contributed by atoms with Crippen molar-refractivity contribution < 1.29 is 9.47 Å². The highest BCUT2D eigenvalue weighted by Gasteiger charge is 2.03. The summed E-state index contributed by atoms with van der Waals surface area (Å²) in [6.07, 6.45) is 1.77. The number of pyridine rings is 1. The summed E-state index contributed by atoms with van der Waals surface area (Å²) in [4.78, 5) is 4.30. The van der Waals surface area contributed by atoms with E-state index in [4.69, 9.17) is 9.47 Å². The van der Waals surface area contributed by atoms with E-state index >= 15 is 0 Å². The van der Waals surface area contributed by atoms with E-state index < -0.39 is 0 Å². The average Bonchev–Trinajstić information content (AvgIpc) is 2.47. The third-order valence-corrected chi connectivity index (χ3v) is 2.69. The molecular formula is C15H18N2O2. The molecule has 2 rings (SSSR count). The molecule has 0 bridgehead atoms. The standard InChI is InChI=1S/C15H18N2O2/c1-3-16-15-12(5-4-10-17-15)11-19-14-8-6-13(18-2)7-9-14/h4-10H,3,11H2,1-2H3,(H,16,17). The molecule has 1 aromatic carbocycles. The van der Waals surface area contributed by atoms with Gasteiger partial charge in [-0.15, -0.1) is 0 Å². The molecule has 0 atom stereocenters. The summed E-state index contributed by atoms with van der Waals surface area (Å²) in [7, 11) is 1.65. The minimum Gasteiger partial charge on any atom is -0.497 e. The van der Waals surface area contributed by atoms with Crippen molar-refractivity contribution in [3.8, 4) is 11.5 Å². The first kappa shape index (κ1) is 13.2. The van der Waals surface area contributed by atoms with Gasteiger partial charge >= 0.3 is 0 Å². The van der Waals surface area contributed by atoms with Crippen molar-refractivity contribution in [1.82, 2.24) is 4.98 Å². The summed E-state index contributed by atoms with van der Waals surface area (Å²) < 4.78 is 10.9. The van der Waals surface area contributed by atoms with Gasteiger partial charge in [0.1, 0.15) is 23.9 Å². The molecule has 4 nitrogen and oxygen atoms in total. The second-order valence-corrected chi connectivity index (χ2v) is 4.01. The Morgan fingerprint density at radius 1 is 1.11 bits per heavy atom. The molecular weight excluding hydrogens is 240 g/mol. The number of anilines is 1. The van der Waals surface area contributed by atoms with Crippen LogP contribution in [0.15, 0.2) is 42.6 Å². The van der Waals surface area contributed by atoms with E-state index in [-0.39, 0.29) is 0 Å². The third-order valence-electron chi connectivity index (χ3n) is 2.69. The number of methoxy groups -OCH3 is 1. The molecule has 0 unspecified atom stereocenters. The molecule has 0 saturated heterocycles. The fourth-order valence-corrected chi connectivity index (χ4v) is 1.71. The molecule has 0 aliphatic carbocycles. The lowest BCUT2D eigenvalue weighted by Gasteiger charge is -2.11. The van der Waals surface area contributed by atoms with Crippen LogP contribution < -0.4 is 14.8 Å². The number of rotatable bonds is 6. The van der Waals surface area contributed by atoms with Crippen LogP contribution in [-0.4, -0.2) is 18.6 Å². The molecule has 0 spiro atoms. The molecule has 0 radical (unpaired) electrons. The number of benzene rings is 1. The molecule has 0 aliphatic rings. The molecule has 1 N–H and O–H groups in total. The molecule has 0 amide bonds. The number of aromatic nitrogens is 1. The van der Waals surface area contributed by atoms with E-state index in [1.807, 2.05) is 43.3 Å². The lowest BCUT2D eigenvalue weighted by Crippen LogP contribution is -2.05. The Morgan fingerprint density at radius 2 is 1.84 bits per heavy atom. The van der Waals surface area contributed by atoms with Gasteiger partial charge in [-0.05, 0) is 37.3 Å². The maximum atomic E-state index is 5.74. The van der Waals surface area contributed by atoms with Gasteiger partial charge in [0.2, 0.25) is 0 Å². The zero-order valence-corrected chi connectivity index (χ0v) is 11.2. The van der Waals surface area contributed by atoms with Crippen molar-refractivity contribution in [3.05, 3.63) is 48.2 Å². The highest BCUT2D eigenvalue weighted by atomic mass is 16.5. The van der Waals surface area contributed by atoms with E-state index in [1.54, 1.807) is 13.3 Å². The molecule has 0 fully saturated rings. The molecule has 1 aromatic heterocycles. The minimum atomic E-state index is 0.489. The van der Waals surface area contributed by atoms with Crippen molar-refractivity contribution in [3.63, 3.8) is 0 Å². The van der Waals surface area contributed by atoms with Gasteiger partial charge in [0.15, 0.2) is 0 Å². The van der Waals surface area contributed by atoms with Gasteiger partial charge in [-0.1, -0.05) is 6.07 Å². The summed E-state index contributed by atoms with van der Waals surface area (Å²) in [5.41, 5.74) is 1.04. The van der Waals surface area contributed by atoms with Gasteiger partial charge < -0.3 is 14.8 Å². The topological polar surface area (TPSA) is 43.4 Å². The van der Waals surface area contributed by atoms with Gasteiger partial charge in [0.25, 0.3) is 0 Å². The maximum absolute atomic E-state index is 5.74. The Bertz CT molecular complexity index is 512. The SMILES string of the molecule is CCNc1ncccc1COc1ccc(OC)cc1. The van der Waals surface area contributed by atoms with Crippen LogP contribution in [0.3, 0.4) is 0 Å². The first-order valence-electron chi connectivity index (χ1n) is 6.28. The molecule has 19 heavy (non-hydrogen) atoms. The molecule has 100 valence electrons. The zero-order chi connectivity index (χ0) is 13.5. The van der Waals surface area contributed by atoms with Crippen LogP contribution >= 0.6 is 0 Å². The lowest BCUT2D eigenvalue weighted by atomic mass is 10.2. The van der Waals surface area contributed by atoms with Crippen molar-refractivity contribution >= 4 is 5.82 Å². The summed E-state index contributed by atoms with van der Waals surface area (Å²) >= 11 is 0. The Balaban J connectivity index is 2.01. The number of hydrogen-bond donors (Lipinski definition) is 1. The first-order valence-corrected chi connectivity index (χ1v) is 6.28. The van der Waals surface area contributed by atoms with E-state index in [9.17, 15) is 0 Å². The summed E-state index contributed by atoms with van der Waals surface area (Å²) in [5.74, 6) is 2.51. The van der Waals surface area contributed by atoms with Gasteiger partial charge in [-0.3, -0.25) is 0 Å². The van der Waals surface area contributed by atoms with Gasteiger partial charge in [0.05, 0.1) is 7.11 Å². The van der Waals surface area contributed by atoms with Crippen LogP contribution in [0.2, 0.25) is 0 Å². The van der Waals surface area contributed by atoms with Crippen LogP contribution in [-0.2, 0) is 6.61 Å². The quantitative estimate of drug-likeness (QED) is 0.864. The summed E-state index contributed by atoms with van der Waals surface area (Å²) in [6.45, 7) is 3.37. The fourth-order valence-electron chi connectivity index (χ4n) is 1.71. The smallest absolute Gasteiger partial charge is 0.132 e. The molecule has 0 aliphatic heterocycles. The van der Waals surface area contributed by atoms with E-state index in [0.29, 0.717) is 6.61 Å². The third kappa shape index (κ3) is 3.61. The number of nitrogens with zero attached hydrogens (tertiary/aromatic N) is 1. The van der Waals surface area contributed by atoms with Crippen molar-refractivity contribution in [2.24, 2.45) is 0 Å². The Morgan fingerprint density at radius 3 is 2.53 bits per heavy atom. The second-order valence-electron chi connectivity index (χ2n) is 4.01. The Labute approximate surface area is 113 Å².